The van der Waals surface area contributed by atoms with Gasteiger partial charge in [0.1, 0.15) is 0 Å². The molecule has 1 N–H and O–H groups in total. The highest BCUT2D eigenvalue weighted by molar-refractivity contribution is 6.00. The van der Waals surface area contributed by atoms with Crippen molar-refractivity contribution in [2.24, 2.45) is 5.92 Å². The van der Waals surface area contributed by atoms with Gasteiger partial charge in [-0.05, 0) is 19.1 Å². The first-order valence-electron chi connectivity index (χ1n) is 10.0. The second-order valence-electron chi connectivity index (χ2n) is 7.58. The van der Waals surface area contributed by atoms with Crippen LogP contribution in [0.1, 0.15) is 48.8 Å². The molecule has 2 heterocycles. The standard InChI is InChI=1S/C23H27F2N3O3/c1-5-7-8-9-16-17(10-11-26-18(16)6-2)22(31)27-13-20(29)28-14-23(24,25)12-19(28)21(30)15(3)4/h5-11,15,19H,2,12-14H2,1,3-4H3,(H,27,31)/b7-5-,9-8-. The molecule has 1 saturated heterocycles. The number of nitrogens with zero attached hydrogens (tertiary/aromatic N) is 2. The summed E-state index contributed by atoms with van der Waals surface area (Å²) in [6.07, 6.45) is 9.28. The molecule has 2 rings (SSSR count). The van der Waals surface area contributed by atoms with Crippen molar-refractivity contribution in [3.63, 3.8) is 0 Å². The van der Waals surface area contributed by atoms with E-state index in [2.05, 4.69) is 16.9 Å². The van der Waals surface area contributed by atoms with Crippen LogP contribution in [0.15, 0.2) is 37.1 Å². The van der Waals surface area contributed by atoms with Gasteiger partial charge in [-0.1, -0.05) is 44.7 Å². The van der Waals surface area contributed by atoms with Crippen LogP contribution in [0.3, 0.4) is 0 Å². The predicted octanol–water partition coefficient (Wildman–Crippen LogP) is 3.51. The molecule has 166 valence electrons. The highest BCUT2D eigenvalue weighted by Crippen LogP contribution is 2.33. The van der Waals surface area contributed by atoms with Gasteiger partial charge in [0, 0.05) is 24.1 Å². The maximum atomic E-state index is 13.9. The molecule has 0 radical (unpaired) electrons. The first-order chi connectivity index (χ1) is 14.6. The molecular weight excluding hydrogens is 404 g/mol. The molecule has 0 bridgehead atoms. The molecule has 1 fully saturated rings. The molecule has 1 aromatic rings. The fourth-order valence-electron chi connectivity index (χ4n) is 3.36. The van der Waals surface area contributed by atoms with Crippen LogP contribution in [-0.4, -0.2) is 52.5 Å². The molecule has 1 atom stereocenters. The highest BCUT2D eigenvalue weighted by Gasteiger charge is 2.49. The number of ketones is 1. The van der Waals surface area contributed by atoms with Crippen LogP contribution >= 0.6 is 0 Å². The number of carbonyl (C=O) groups excluding carboxylic acids is 3. The van der Waals surface area contributed by atoms with E-state index in [4.69, 9.17) is 0 Å². The number of Topliss-reactive ketones (excluding diaryl/α,β-unsaturated/α-hetero) is 1. The van der Waals surface area contributed by atoms with Gasteiger partial charge >= 0.3 is 0 Å². The molecule has 1 aliphatic heterocycles. The highest BCUT2D eigenvalue weighted by atomic mass is 19.3. The fraction of sp³-hybridized carbons (Fsp3) is 0.391. The third kappa shape index (κ3) is 5.93. The number of likely N-dealkylation sites (tertiary alicyclic amines) is 1. The van der Waals surface area contributed by atoms with E-state index in [0.29, 0.717) is 11.3 Å². The first kappa shape index (κ1) is 24.1. The Hall–Kier alpha value is -3.16. The number of amides is 2. The van der Waals surface area contributed by atoms with Crippen molar-refractivity contribution in [2.45, 2.75) is 39.2 Å². The second-order valence-corrected chi connectivity index (χ2v) is 7.58. The zero-order chi connectivity index (χ0) is 23.2. The Morgan fingerprint density at radius 3 is 2.68 bits per heavy atom. The average molecular weight is 431 g/mol. The molecule has 0 aliphatic carbocycles. The van der Waals surface area contributed by atoms with E-state index in [1.54, 1.807) is 32.1 Å². The molecule has 0 saturated carbocycles. The quantitative estimate of drug-likeness (QED) is 0.639. The number of rotatable bonds is 8. The van der Waals surface area contributed by atoms with Crippen molar-refractivity contribution >= 4 is 29.7 Å². The fourth-order valence-corrected chi connectivity index (χ4v) is 3.36. The van der Waals surface area contributed by atoms with Crippen LogP contribution in [0.2, 0.25) is 0 Å². The summed E-state index contributed by atoms with van der Waals surface area (Å²) in [5.74, 6) is -5.32. The number of halogens is 2. The van der Waals surface area contributed by atoms with Crippen molar-refractivity contribution < 1.29 is 23.2 Å². The monoisotopic (exact) mass is 431 g/mol. The van der Waals surface area contributed by atoms with E-state index in [1.807, 2.05) is 13.0 Å². The lowest BCUT2D eigenvalue weighted by molar-refractivity contribution is -0.138. The normalized spacial score (nSPS) is 18.1. The lowest BCUT2D eigenvalue weighted by Gasteiger charge is -2.24. The molecule has 1 aliphatic rings. The van der Waals surface area contributed by atoms with Crippen LogP contribution in [0.5, 0.6) is 0 Å². The number of aromatic nitrogens is 1. The third-order valence-corrected chi connectivity index (χ3v) is 4.91. The summed E-state index contributed by atoms with van der Waals surface area (Å²) in [6, 6.07) is 0.309. The smallest absolute Gasteiger partial charge is 0.267 e. The minimum atomic E-state index is -3.14. The van der Waals surface area contributed by atoms with E-state index in [9.17, 15) is 23.2 Å². The van der Waals surface area contributed by atoms with Gasteiger partial charge in [-0.3, -0.25) is 19.4 Å². The summed E-state index contributed by atoms with van der Waals surface area (Å²) in [6.45, 7) is 7.41. The minimum absolute atomic E-state index is 0.264. The van der Waals surface area contributed by atoms with Gasteiger partial charge in [0.05, 0.1) is 30.4 Å². The Labute approximate surface area is 180 Å². The number of nitrogens with one attached hydrogen (secondary N) is 1. The molecule has 2 amide bonds. The number of pyridine rings is 1. The van der Waals surface area contributed by atoms with Crippen molar-refractivity contribution in [2.75, 3.05) is 13.1 Å². The molecule has 1 unspecified atom stereocenters. The van der Waals surface area contributed by atoms with Gasteiger partial charge in [-0.15, -0.1) is 0 Å². The van der Waals surface area contributed by atoms with E-state index in [1.165, 1.54) is 18.3 Å². The SMILES string of the molecule is C=Cc1nccc(C(=O)NCC(=O)N2CC(F)(F)CC2C(=O)C(C)C)c1/C=C\C=C/C. The van der Waals surface area contributed by atoms with Gasteiger partial charge < -0.3 is 10.2 Å². The molecule has 8 heteroatoms. The lowest BCUT2D eigenvalue weighted by atomic mass is 9.99. The van der Waals surface area contributed by atoms with E-state index in [0.717, 1.165) is 4.90 Å². The number of carbonyl (C=O) groups is 3. The van der Waals surface area contributed by atoms with Crippen LogP contribution in [-0.2, 0) is 9.59 Å². The molecule has 0 aromatic carbocycles. The van der Waals surface area contributed by atoms with Gasteiger partial charge in [0.2, 0.25) is 5.91 Å². The predicted molar refractivity (Wildman–Crippen MR) is 115 cm³/mol. The van der Waals surface area contributed by atoms with Crippen molar-refractivity contribution in [3.05, 3.63) is 53.9 Å². The van der Waals surface area contributed by atoms with Crippen LogP contribution in [0.25, 0.3) is 12.2 Å². The van der Waals surface area contributed by atoms with Gasteiger partial charge in [0.25, 0.3) is 11.8 Å². The van der Waals surface area contributed by atoms with Crippen molar-refractivity contribution in [1.82, 2.24) is 15.2 Å². The second kappa shape index (κ2) is 10.2. The van der Waals surface area contributed by atoms with Crippen molar-refractivity contribution in [3.8, 4) is 0 Å². The summed E-state index contributed by atoms with van der Waals surface area (Å²) in [4.78, 5) is 42.7. The Morgan fingerprint density at radius 2 is 2.06 bits per heavy atom. The Bertz CT molecular complexity index is 923. The number of allylic oxidation sites excluding steroid dienone is 3. The average Bonchev–Trinajstić information content (AvgIpc) is 3.06. The molecule has 1 aromatic heterocycles. The number of alkyl halides is 2. The summed E-state index contributed by atoms with van der Waals surface area (Å²) < 4.78 is 27.8. The van der Waals surface area contributed by atoms with E-state index in [-0.39, 0.29) is 5.56 Å². The topological polar surface area (TPSA) is 79.4 Å². The van der Waals surface area contributed by atoms with Crippen LogP contribution in [0, 0.1) is 5.92 Å². The third-order valence-electron chi connectivity index (χ3n) is 4.91. The Morgan fingerprint density at radius 1 is 1.35 bits per heavy atom. The van der Waals surface area contributed by atoms with E-state index < -0.39 is 55.0 Å². The number of hydrogen-bond donors (Lipinski definition) is 1. The summed E-state index contributed by atoms with van der Waals surface area (Å²) in [7, 11) is 0. The number of hydrogen-bond acceptors (Lipinski definition) is 4. The summed E-state index contributed by atoms with van der Waals surface area (Å²) >= 11 is 0. The summed E-state index contributed by atoms with van der Waals surface area (Å²) in [5.41, 5.74) is 1.27. The zero-order valence-electron chi connectivity index (χ0n) is 17.9. The van der Waals surface area contributed by atoms with Crippen LogP contribution in [0.4, 0.5) is 8.78 Å². The maximum absolute atomic E-state index is 13.9. The Balaban J connectivity index is 2.18. The molecular formula is C23H27F2N3O3. The van der Waals surface area contributed by atoms with Gasteiger partial charge in [-0.25, -0.2) is 8.78 Å². The van der Waals surface area contributed by atoms with Crippen LogP contribution < -0.4 is 5.32 Å². The molecule has 0 spiro atoms. The minimum Gasteiger partial charge on any atom is -0.343 e. The zero-order valence-corrected chi connectivity index (χ0v) is 17.9. The first-order valence-corrected chi connectivity index (χ1v) is 10.0. The molecule has 31 heavy (non-hydrogen) atoms. The van der Waals surface area contributed by atoms with Crippen molar-refractivity contribution in [1.29, 1.82) is 0 Å². The Kier molecular flexibility index (Phi) is 7.96. The van der Waals surface area contributed by atoms with Gasteiger partial charge in [0.15, 0.2) is 5.78 Å². The lowest BCUT2D eigenvalue weighted by Crippen LogP contribution is -2.46. The van der Waals surface area contributed by atoms with Gasteiger partial charge in [-0.2, -0.15) is 0 Å². The van der Waals surface area contributed by atoms with E-state index >= 15 is 0 Å². The largest absolute Gasteiger partial charge is 0.343 e. The summed E-state index contributed by atoms with van der Waals surface area (Å²) in [5, 5.41) is 2.47. The molecule has 6 nitrogen and oxygen atoms in total. The maximum Gasteiger partial charge on any atom is 0.267 e.